The molecule has 0 aliphatic heterocycles. The second-order valence-electron chi connectivity index (χ2n) is 4.62. The number of Topliss-reactive ketones (excluding diaryl/α,β-unsaturated/α-hetero) is 1. The van der Waals surface area contributed by atoms with Crippen LogP contribution in [0, 0.1) is 17.0 Å². The first-order valence-electron chi connectivity index (χ1n) is 6.32. The van der Waals surface area contributed by atoms with E-state index in [-0.39, 0.29) is 51.8 Å². The van der Waals surface area contributed by atoms with Crippen molar-refractivity contribution in [1.82, 2.24) is 0 Å². The van der Waals surface area contributed by atoms with E-state index >= 15 is 0 Å². The third-order valence-electron chi connectivity index (χ3n) is 3.03. The highest BCUT2D eigenvalue weighted by molar-refractivity contribution is 5.96. The Balaban J connectivity index is 0.00000242. The van der Waals surface area contributed by atoms with Gasteiger partial charge in [0, 0.05) is 23.3 Å². The van der Waals surface area contributed by atoms with Gasteiger partial charge in [-0.2, -0.15) is 4.57 Å². The Bertz CT molecular complexity index is 706. The molecule has 0 aliphatic rings. The van der Waals surface area contributed by atoms with Crippen LogP contribution in [0.3, 0.4) is 0 Å². The number of nitrogens with zero attached hydrogens (tertiary/aromatic N) is 2. The Hall–Kier alpha value is -2.32. The molecule has 8 heteroatoms. The number of nitro benzene ring substituents is 1. The number of methoxy groups -OCH3 is 1. The van der Waals surface area contributed by atoms with Gasteiger partial charge in [0.25, 0.3) is 0 Å². The molecule has 0 fully saturated rings. The number of rotatable bonds is 5. The normalized spacial score (nSPS) is 9.30. The number of carbonyl (C=O) groups excluding carboxylic acids is 1. The van der Waals surface area contributed by atoms with Gasteiger partial charge < -0.3 is 27.2 Å². The van der Waals surface area contributed by atoms with Gasteiger partial charge in [-0.15, -0.1) is 0 Å². The first kappa shape index (κ1) is 20.7. The van der Waals surface area contributed by atoms with E-state index < -0.39 is 4.92 Å². The zero-order chi connectivity index (χ0) is 15.4. The van der Waals surface area contributed by atoms with Crippen LogP contribution in [0.5, 0.6) is 5.75 Å². The molecule has 7 nitrogen and oxygen atoms in total. The van der Waals surface area contributed by atoms with Gasteiger partial charge >= 0.3 is 5.69 Å². The van der Waals surface area contributed by atoms with Crippen LogP contribution in [0.4, 0.5) is 5.69 Å². The van der Waals surface area contributed by atoms with Gasteiger partial charge in [-0.3, -0.25) is 14.9 Å². The topological polar surface area (TPSA) is 105 Å². The van der Waals surface area contributed by atoms with E-state index in [0.29, 0.717) is 0 Å². The summed E-state index contributed by atoms with van der Waals surface area (Å²) in [5.41, 5.74) is 1.11. The second kappa shape index (κ2) is 8.96. The molecule has 1 heterocycles. The summed E-state index contributed by atoms with van der Waals surface area (Å²) in [5.74, 6) is -0.0592. The number of ether oxygens (including phenoxy) is 1. The fourth-order valence-corrected chi connectivity index (χ4v) is 2.01. The van der Waals surface area contributed by atoms with Crippen LogP contribution in [0.2, 0.25) is 0 Å². The molecule has 2 rings (SSSR count). The maximum absolute atomic E-state index is 12.2. The number of carbonyl (C=O) groups is 1. The molecule has 2 N–H and O–H groups in total. The van der Waals surface area contributed by atoms with Gasteiger partial charge in [0.15, 0.2) is 18.1 Å². The van der Waals surface area contributed by atoms with Crippen molar-refractivity contribution < 1.29 is 41.5 Å². The largest absolute Gasteiger partial charge is 1.00 e. The van der Waals surface area contributed by atoms with Crippen molar-refractivity contribution in [2.45, 2.75) is 13.5 Å². The van der Waals surface area contributed by atoms with Gasteiger partial charge in [-0.1, -0.05) is 0 Å². The predicted molar refractivity (Wildman–Crippen MR) is 79.0 cm³/mol. The molecule has 0 aliphatic carbocycles. The SMILES string of the molecule is COc1ccc(C(=O)C[n+]2cccc(C)c2)cc1[N+](=O)[O-].O.[Br-]. The number of hydrogen-bond acceptors (Lipinski definition) is 4. The van der Waals surface area contributed by atoms with Gasteiger partial charge in [0.1, 0.15) is 0 Å². The van der Waals surface area contributed by atoms with E-state index in [0.717, 1.165) is 5.56 Å². The summed E-state index contributed by atoms with van der Waals surface area (Å²) in [7, 11) is 1.35. The van der Waals surface area contributed by atoms with E-state index in [4.69, 9.17) is 4.74 Å². The highest BCUT2D eigenvalue weighted by Gasteiger charge is 2.20. The molecule has 0 spiro atoms. The maximum Gasteiger partial charge on any atom is 0.311 e. The van der Waals surface area contributed by atoms with Crippen molar-refractivity contribution in [3.63, 3.8) is 0 Å². The number of hydrogen-bond donors (Lipinski definition) is 0. The summed E-state index contributed by atoms with van der Waals surface area (Å²) in [6.07, 6.45) is 3.62. The van der Waals surface area contributed by atoms with Crippen LogP contribution in [-0.4, -0.2) is 23.3 Å². The molecule has 0 amide bonds. The Morgan fingerprint density at radius 1 is 1.35 bits per heavy atom. The van der Waals surface area contributed by atoms with Gasteiger partial charge in [0.05, 0.1) is 12.0 Å². The van der Waals surface area contributed by atoms with Crippen molar-refractivity contribution in [2.75, 3.05) is 7.11 Å². The molecule has 0 atom stereocenters. The minimum Gasteiger partial charge on any atom is -1.00 e. The van der Waals surface area contributed by atoms with Crippen LogP contribution in [-0.2, 0) is 6.54 Å². The number of nitro groups is 1. The Morgan fingerprint density at radius 2 is 2.04 bits per heavy atom. The number of aromatic nitrogens is 1. The van der Waals surface area contributed by atoms with Gasteiger partial charge in [-0.05, 0) is 25.1 Å². The smallest absolute Gasteiger partial charge is 0.311 e. The molecular formula is C15H17BrN2O5. The van der Waals surface area contributed by atoms with E-state index in [1.807, 2.05) is 25.3 Å². The minimum absolute atomic E-state index is 0. The first-order valence-corrected chi connectivity index (χ1v) is 6.32. The van der Waals surface area contributed by atoms with Crippen molar-refractivity contribution in [3.05, 3.63) is 64.0 Å². The lowest BCUT2D eigenvalue weighted by molar-refractivity contribution is -0.683. The van der Waals surface area contributed by atoms with Crippen LogP contribution in [0.25, 0.3) is 0 Å². The molecule has 1 aromatic heterocycles. The van der Waals surface area contributed by atoms with Crippen molar-refractivity contribution in [2.24, 2.45) is 0 Å². The summed E-state index contributed by atoms with van der Waals surface area (Å²) >= 11 is 0. The van der Waals surface area contributed by atoms with E-state index in [1.165, 1.54) is 25.3 Å². The number of halogens is 1. The number of ketones is 1. The van der Waals surface area contributed by atoms with Crippen molar-refractivity contribution in [1.29, 1.82) is 0 Å². The van der Waals surface area contributed by atoms with Crippen LogP contribution >= 0.6 is 0 Å². The molecular weight excluding hydrogens is 368 g/mol. The lowest BCUT2D eigenvalue weighted by Crippen LogP contribution is -3.00. The monoisotopic (exact) mass is 384 g/mol. The van der Waals surface area contributed by atoms with Gasteiger partial charge in [-0.25, -0.2) is 0 Å². The van der Waals surface area contributed by atoms with Crippen molar-refractivity contribution >= 4 is 11.5 Å². The maximum atomic E-state index is 12.2. The average Bonchev–Trinajstić information content (AvgIpc) is 2.46. The molecule has 0 unspecified atom stereocenters. The van der Waals surface area contributed by atoms with Gasteiger partial charge in [0.2, 0.25) is 12.3 Å². The summed E-state index contributed by atoms with van der Waals surface area (Å²) in [6.45, 7) is 2.06. The van der Waals surface area contributed by atoms with E-state index in [9.17, 15) is 14.9 Å². The number of aryl methyl sites for hydroxylation is 1. The van der Waals surface area contributed by atoms with Crippen molar-refractivity contribution in [3.8, 4) is 5.75 Å². The van der Waals surface area contributed by atoms with Crippen LogP contribution in [0.15, 0.2) is 42.7 Å². The number of benzene rings is 1. The van der Waals surface area contributed by atoms with Crippen LogP contribution in [0.1, 0.15) is 15.9 Å². The quantitative estimate of drug-likeness (QED) is 0.264. The lowest BCUT2D eigenvalue weighted by atomic mass is 10.1. The predicted octanol–water partition coefficient (Wildman–Crippen LogP) is -1.74. The first-order chi connectivity index (χ1) is 10.0. The highest BCUT2D eigenvalue weighted by Crippen LogP contribution is 2.27. The zero-order valence-electron chi connectivity index (χ0n) is 12.7. The standard InChI is InChI=1S/C15H15N2O4.BrH.H2O/c1-11-4-3-7-16(9-11)10-14(18)12-5-6-15(21-2)13(8-12)17(19)20;;/h3-9H,10H2,1-2H3;1H;1H2/q+1;;/p-1. The minimum atomic E-state index is -0.560. The Kier molecular flexibility index (Phi) is 8.06. The summed E-state index contributed by atoms with van der Waals surface area (Å²) in [4.78, 5) is 22.6. The molecule has 23 heavy (non-hydrogen) atoms. The fourth-order valence-electron chi connectivity index (χ4n) is 2.01. The van der Waals surface area contributed by atoms with Crippen LogP contribution < -0.4 is 26.3 Å². The summed E-state index contributed by atoms with van der Waals surface area (Å²) < 4.78 is 6.66. The molecule has 124 valence electrons. The van der Waals surface area contributed by atoms with E-state index in [1.54, 1.807) is 10.8 Å². The third-order valence-corrected chi connectivity index (χ3v) is 3.03. The molecule has 2 aromatic rings. The molecule has 0 saturated carbocycles. The lowest BCUT2D eigenvalue weighted by Gasteiger charge is -2.03. The number of pyridine rings is 1. The molecule has 0 radical (unpaired) electrons. The molecule has 0 saturated heterocycles. The average molecular weight is 385 g/mol. The molecule has 0 bridgehead atoms. The Morgan fingerprint density at radius 3 is 2.61 bits per heavy atom. The summed E-state index contributed by atoms with van der Waals surface area (Å²) in [6, 6.07) is 7.99. The third kappa shape index (κ3) is 5.11. The highest BCUT2D eigenvalue weighted by atomic mass is 79.9. The molecule has 1 aromatic carbocycles. The Labute approximate surface area is 143 Å². The summed E-state index contributed by atoms with van der Waals surface area (Å²) in [5, 5.41) is 11.0. The zero-order valence-corrected chi connectivity index (χ0v) is 14.2. The second-order valence-corrected chi connectivity index (χ2v) is 4.62. The fraction of sp³-hybridized carbons (Fsp3) is 0.200. The van der Waals surface area contributed by atoms with E-state index in [2.05, 4.69) is 0 Å².